The van der Waals surface area contributed by atoms with Crippen LogP contribution in [-0.2, 0) is 30.3 Å². The van der Waals surface area contributed by atoms with Crippen LogP contribution in [0.5, 0.6) is 0 Å². The van der Waals surface area contributed by atoms with Gasteiger partial charge in [-0.25, -0.2) is 9.48 Å². The molecule has 2 saturated heterocycles. The van der Waals surface area contributed by atoms with E-state index in [1.807, 2.05) is 63.4 Å². The van der Waals surface area contributed by atoms with Crippen molar-refractivity contribution in [3.63, 3.8) is 0 Å². The van der Waals surface area contributed by atoms with Gasteiger partial charge in [-0.15, -0.1) is 5.10 Å². The van der Waals surface area contributed by atoms with E-state index in [0.29, 0.717) is 37.3 Å². The highest BCUT2D eigenvalue weighted by atomic mass is 16.6. The van der Waals surface area contributed by atoms with Gasteiger partial charge in [0.15, 0.2) is 5.60 Å². The number of nitrogen functional groups attached to an aromatic ring is 1. The van der Waals surface area contributed by atoms with Gasteiger partial charge in [-0.2, -0.15) is 0 Å². The predicted octanol–water partition coefficient (Wildman–Crippen LogP) is 4.21. The van der Waals surface area contributed by atoms with Crippen LogP contribution in [-0.4, -0.2) is 95.2 Å². The molecule has 2 aromatic rings. The number of nitrogens with zero attached hydrogens (tertiary/aromatic N) is 4. The summed E-state index contributed by atoms with van der Waals surface area (Å²) in [5.74, 6) is -3.24. The molecule has 260 valence electrons. The molecule has 3 N–H and O–H groups in total. The molecule has 1 amide bonds. The van der Waals surface area contributed by atoms with Crippen LogP contribution in [0.3, 0.4) is 0 Å². The maximum absolute atomic E-state index is 13.5. The van der Waals surface area contributed by atoms with Gasteiger partial charge in [0.2, 0.25) is 0 Å². The van der Waals surface area contributed by atoms with Gasteiger partial charge >= 0.3 is 12.1 Å². The molecule has 4 rings (SSSR count). The zero-order valence-corrected chi connectivity index (χ0v) is 29.5. The Morgan fingerprint density at radius 3 is 2.52 bits per heavy atom. The van der Waals surface area contributed by atoms with Crippen LogP contribution in [0.4, 0.5) is 10.5 Å². The van der Waals surface area contributed by atoms with Crippen molar-refractivity contribution in [1.29, 1.82) is 0 Å². The first kappa shape index (κ1) is 37.1. The Labute approximate surface area is 285 Å². The first-order valence-electron chi connectivity index (χ1n) is 16.8. The number of aromatic nitrogens is 3. The van der Waals surface area contributed by atoms with Gasteiger partial charge in [0.05, 0.1) is 32.2 Å². The molecule has 48 heavy (non-hydrogen) atoms. The van der Waals surface area contributed by atoms with Crippen molar-refractivity contribution in [3.05, 3.63) is 42.6 Å². The fraction of sp³-hybridized carbons (Fsp3) is 0.629. The van der Waals surface area contributed by atoms with Crippen LogP contribution < -0.4 is 11.1 Å². The second-order valence-corrected chi connectivity index (χ2v) is 13.9. The molecule has 0 spiro atoms. The van der Waals surface area contributed by atoms with Crippen molar-refractivity contribution in [2.45, 2.75) is 103 Å². The summed E-state index contributed by atoms with van der Waals surface area (Å²) in [5, 5.41) is 12.1. The van der Waals surface area contributed by atoms with Crippen LogP contribution in [0.1, 0.15) is 61.3 Å². The van der Waals surface area contributed by atoms with E-state index < -0.39 is 53.1 Å². The van der Waals surface area contributed by atoms with E-state index in [0.717, 1.165) is 5.56 Å². The molecule has 0 aliphatic carbocycles. The van der Waals surface area contributed by atoms with Gasteiger partial charge in [-0.1, -0.05) is 50.3 Å². The number of allylic oxidation sites excluding steroid dienone is 1. The summed E-state index contributed by atoms with van der Waals surface area (Å²) in [4.78, 5) is 42.2. The number of anilines is 1. The number of benzene rings is 1. The molecule has 0 bridgehead atoms. The lowest BCUT2D eigenvalue weighted by Gasteiger charge is -2.41. The molecular formula is C35H51BN6O6. The summed E-state index contributed by atoms with van der Waals surface area (Å²) in [6.45, 7) is 14.2. The van der Waals surface area contributed by atoms with Crippen molar-refractivity contribution < 1.29 is 28.6 Å². The van der Waals surface area contributed by atoms with Crippen LogP contribution in [0, 0.1) is 17.8 Å². The number of methoxy groups -OCH3 is 1. The maximum atomic E-state index is 13.5. The Hall–Kier alpha value is -3.71. The Kier molecular flexibility index (Phi) is 11.8. The second-order valence-electron chi connectivity index (χ2n) is 13.9. The summed E-state index contributed by atoms with van der Waals surface area (Å²) in [5.41, 5.74) is 6.13. The van der Waals surface area contributed by atoms with E-state index in [1.54, 1.807) is 37.5 Å². The number of fused-ring (bicyclic) bond motifs is 1. The summed E-state index contributed by atoms with van der Waals surface area (Å²) < 4.78 is 19.7. The van der Waals surface area contributed by atoms with Crippen molar-refractivity contribution in [2.24, 2.45) is 17.8 Å². The molecule has 3 heterocycles. The molecule has 2 fully saturated rings. The highest BCUT2D eigenvalue weighted by molar-refractivity contribution is 6.15. The average molecular weight is 663 g/mol. The third-order valence-corrected chi connectivity index (χ3v) is 10.2. The highest BCUT2D eigenvalue weighted by Crippen LogP contribution is 2.40. The van der Waals surface area contributed by atoms with Crippen LogP contribution >= 0.6 is 0 Å². The number of ketones is 1. The Morgan fingerprint density at radius 1 is 1.15 bits per heavy atom. The van der Waals surface area contributed by atoms with E-state index in [4.69, 9.17) is 27.8 Å². The van der Waals surface area contributed by atoms with Gasteiger partial charge in [-0.05, 0) is 70.9 Å². The average Bonchev–Trinajstić information content (AvgIpc) is 3.64. The SMILES string of the molecule is [B][C@@H]1[C@@H](C)C(=O)[C@@H](C)C(=O)O[C@H](CC)[C@@]2(C)OC(=O)N(C/C=C/Cn3cc(-c4cccc(N)c4)nn3)[C@@H]2[C@@H](C)NC[C@H](C)C[C@@]1(C)OC. The minimum Gasteiger partial charge on any atom is -0.458 e. The summed E-state index contributed by atoms with van der Waals surface area (Å²) in [7, 11) is 8.24. The number of hydrogen-bond donors (Lipinski definition) is 2. The largest absolute Gasteiger partial charge is 0.458 e. The minimum absolute atomic E-state index is 0.102. The molecule has 1 aromatic carbocycles. The van der Waals surface area contributed by atoms with Crippen LogP contribution in [0.25, 0.3) is 11.3 Å². The Balaban J connectivity index is 1.58. The lowest BCUT2D eigenvalue weighted by Crippen LogP contribution is -2.60. The van der Waals surface area contributed by atoms with Crippen molar-refractivity contribution >= 4 is 31.4 Å². The standard InChI is InChI=1S/C35H51BN6O6/c1-9-28-35(7)31(24(5)38-19-21(2)18-34(6,46-8)30(36)22(3)29(43)23(4)32(44)47-28)42(33(45)48-35)16-11-10-15-41-20-27(39-40-41)25-13-12-14-26(37)17-25/h10-14,17,20-24,28,30-31,38H,9,15-16,18-19,37H2,1-8H3/b11-10+/t21-,22+,23-,24-,28-,30-,31-,34-,35-/m1/s1. The van der Waals surface area contributed by atoms with E-state index in [1.165, 1.54) is 0 Å². The molecular weight excluding hydrogens is 611 g/mol. The number of amides is 1. The predicted molar refractivity (Wildman–Crippen MR) is 184 cm³/mol. The third kappa shape index (κ3) is 7.78. The number of esters is 1. The van der Waals surface area contributed by atoms with E-state index in [2.05, 4.69) is 22.6 Å². The van der Waals surface area contributed by atoms with Gasteiger partial charge in [-0.3, -0.25) is 14.5 Å². The number of Topliss-reactive ketones (excluding diaryl/α,β-unsaturated/α-hetero) is 1. The van der Waals surface area contributed by atoms with E-state index in [9.17, 15) is 14.4 Å². The maximum Gasteiger partial charge on any atom is 0.411 e. The number of nitrogens with one attached hydrogen (secondary N) is 1. The fourth-order valence-electron chi connectivity index (χ4n) is 7.21. The third-order valence-electron chi connectivity index (χ3n) is 10.2. The van der Waals surface area contributed by atoms with Gasteiger partial charge in [0.25, 0.3) is 0 Å². The molecule has 0 saturated carbocycles. The number of ether oxygens (including phenoxy) is 3. The first-order chi connectivity index (χ1) is 22.6. The van der Waals surface area contributed by atoms with Gasteiger partial charge < -0.3 is 25.3 Å². The molecule has 9 atom stereocenters. The van der Waals surface area contributed by atoms with Crippen LogP contribution in [0.2, 0.25) is 5.82 Å². The number of nitrogens with two attached hydrogens (primary N) is 1. The summed E-state index contributed by atoms with van der Waals surface area (Å²) >= 11 is 0. The van der Waals surface area contributed by atoms with Crippen molar-refractivity contribution in [2.75, 3.05) is 25.9 Å². The number of rotatable bonds is 7. The molecule has 13 heteroatoms. The Bertz CT molecular complexity index is 1480. The molecule has 0 unspecified atom stereocenters. The normalized spacial score (nSPS) is 34.0. The summed E-state index contributed by atoms with van der Waals surface area (Å²) in [6, 6.07) is 6.68. The monoisotopic (exact) mass is 662 g/mol. The van der Waals surface area contributed by atoms with Crippen molar-refractivity contribution in [1.82, 2.24) is 25.2 Å². The van der Waals surface area contributed by atoms with Crippen LogP contribution in [0.15, 0.2) is 42.6 Å². The molecule has 1 aromatic heterocycles. The quantitative estimate of drug-likeness (QED) is 0.145. The summed E-state index contributed by atoms with van der Waals surface area (Å²) in [6.07, 6.45) is 5.27. The zero-order valence-electron chi connectivity index (χ0n) is 29.5. The topological polar surface area (TPSA) is 151 Å². The minimum atomic E-state index is -1.20. The lowest BCUT2D eigenvalue weighted by atomic mass is 9.62. The molecule has 2 aliphatic rings. The second kappa shape index (κ2) is 15.2. The molecule has 12 nitrogen and oxygen atoms in total. The lowest BCUT2D eigenvalue weighted by molar-refractivity contribution is -0.170. The number of carbonyl (C=O) groups excluding carboxylic acids is 3. The zero-order chi connectivity index (χ0) is 35.4. The smallest absolute Gasteiger partial charge is 0.411 e. The van der Waals surface area contributed by atoms with Gasteiger partial charge in [0, 0.05) is 36.9 Å². The fourth-order valence-corrected chi connectivity index (χ4v) is 7.21. The Morgan fingerprint density at radius 2 is 1.85 bits per heavy atom. The van der Waals surface area contributed by atoms with E-state index in [-0.39, 0.29) is 24.3 Å². The van der Waals surface area contributed by atoms with E-state index >= 15 is 0 Å². The first-order valence-corrected chi connectivity index (χ1v) is 16.8. The highest BCUT2D eigenvalue weighted by Gasteiger charge is 2.58. The number of cyclic esters (lactones) is 1. The number of carbonyl (C=O) groups is 3. The number of hydrogen-bond acceptors (Lipinski definition) is 10. The molecule has 2 aliphatic heterocycles. The van der Waals surface area contributed by atoms with Gasteiger partial charge in [0.1, 0.15) is 23.5 Å². The molecule has 2 radical (unpaired) electrons. The van der Waals surface area contributed by atoms with Crippen molar-refractivity contribution in [3.8, 4) is 11.3 Å².